The van der Waals surface area contributed by atoms with Gasteiger partial charge in [-0.2, -0.15) is 0 Å². The molecule has 0 spiro atoms. The van der Waals surface area contributed by atoms with E-state index >= 15 is 0 Å². The SMILES string of the molecule is COc1cc(COP(=O)(O)O)ccc1O. The Morgan fingerprint density at radius 2 is 2.07 bits per heavy atom. The minimum atomic E-state index is -4.47. The summed E-state index contributed by atoms with van der Waals surface area (Å²) in [6.45, 7) is -0.249. The Morgan fingerprint density at radius 1 is 1.40 bits per heavy atom. The molecule has 0 amide bonds. The van der Waals surface area contributed by atoms with Gasteiger partial charge in [0.25, 0.3) is 0 Å². The van der Waals surface area contributed by atoms with Crippen molar-refractivity contribution in [1.29, 1.82) is 0 Å². The highest BCUT2D eigenvalue weighted by Crippen LogP contribution is 2.37. The van der Waals surface area contributed by atoms with Crippen molar-refractivity contribution in [1.82, 2.24) is 0 Å². The standard InChI is InChI=1S/C8H11O6P/c1-13-8-4-6(2-3-7(8)9)5-14-15(10,11)12/h2-4,9H,5H2,1H3,(H2,10,11,12). The number of aromatic hydroxyl groups is 1. The predicted molar refractivity (Wildman–Crippen MR) is 51.5 cm³/mol. The first kappa shape index (κ1) is 12.0. The van der Waals surface area contributed by atoms with Crippen molar-refractivity contribution < 1.29 is 28.7 Å². The number of phenols is 1. The maximum atomic E-state index is 10.4. The summed E-state index contributed by atoms with van der Waals surface area (Å²) in [4.78, 5) is 16.9. The number of phosphoric ester groups is 1. The zero-order valence-electron chi connectivity index (χ0n) is 7.95. The molecular formula is C8H11O6P. The Balaban J connectivity index is 2.75. The monoisotopic (exact) mass is 234 g/mol. The average Bonchev–Trinajstić information content (AvgIpc) is 2.15. The van der Waals surface area contributed by atoms with Crippen molar-refractivity contribution in [3.05, 3.63) is 23.8 Å². The maximum absolute atomic E-state index is 10.4. The fraction of sp³-hybridized carbons (Fsp3) is 0.250. The number of phosphoric acid groups is 1. The molecule has 84 valence electrons. The van der Waals surface area contributed by atoms with Gasteiger partial charge < -0.3 is 19.6 Å². The molecule has 0 heterocycles. The highest BCUT2D eigenvalue weighted by molar-refractivity contribution is 7.46. The van der Waals surface area contributed by atoms with Crippen molar-refractivity contribution in [2.45, 2.75) is 6.61 Å². The van der Waals surface area contributed by atoms with Crippen molar-refractivity contribution >= 4 is 7.82 Å². The first-order valence-electron chi connectivity index (χ1n) is 3.98. The molecule has 15 heavy (non-hydrogen) atoms. The van der Waals surface area contributed by atoms with Gasteiger partial charge in [-0.3, -0.25) is 4.52 Å². The van der Waals surface area contributed by atoms with E-state index in [4.69, 9.17) is 14.5 Å². The first-order chi connectivity index (χ1) is 6.92. The third-order valence-electron chi connectivity index (χ3n) is 1.64. The topological polar surface area (TPSA) is 96.2 Å². The van der Waals surface area contributed by atoms with Crippen LogP contribution >= 0.6 is 7.82 Å². The van der Waals surface area contributed by atoms with E-state index in [2.05, 4.69) is 4.52 Å². The number of methoxy groups -OCH3 is 1. The van der Waals surface area contributed by atoms with Crippen molar-refractivity contribution in [3.63, 3.8) is 0 Å². The van der Waals surface area contributed by atoms with Crippen molar-refractivity contribution in [2.75, 3.05) is 7.11 Å². The Hall–Kier alpha value is -1.07. The van der Waals surface area contributed by atoms with Crippen LogP contribution < -0.4 is 4.74 Å². The molecule has 7 heteroatoms. The number of ether oxygens (including phenoxy) is 1. The van der Waals surface area contributed by atoms with Gasteiger partial charge in [0, 0.05) is 0 Å². The summed E-state index contributed by atoms with van der Waals surface area (Å²) in [5.41, 5.74) is 0.493. The molecule has 0 aliphatic carbocycles. The van der Waals surface area contributed by atoms with E-state index in [0.717, 1.165) is 0 Å². The van der Waals surface area contributed by atoms with E-state index in [1.165, 1.54) is 25.3 Å². The lowest BCUT2D eigenvalue weighted by Gasteiger charge is -2.07. The summed E-state index contributed by atoms with van der Waals surface area (Å²) in [6.07, 6.45) is 0. The molecule has 0 radical (unpaired) electrons. The summed E-state index contributed by atoms with van der Waals surface area (Å²) >= 11 is 0. The molecule has 0 aromatic heterocycles. The zero-order chi connectivity index (χ0) is 11.5. The molecule has 3 N–H and O–H groups in total. The van der Waals surface area contributed by atoms with Crippen LogP contribution in [0.25, 0.3) is 0 Å². The van der Waals surface area contributed by atoms with Gasteiger partial charge in [0.2, 0.25) is 0 Å². The molecule has 1 aromatic rings. The van der Waals surface area contributed by atoms with Gasteiger partial charge in [-0.05, 0) is 17.7 Å². The van der Waals surface area contributed by atoms with Crippen LogP contribution in [-0.2, 0) is 15.7 Å². The molecule has 0 aliphatic heterocycles. The largest absolute Gasteiger partial charge is 0.504 e. The summed E-state index contributed by atoms with van der Waals surface area (Å²) < 4.78 is 19.5. The fourth-order valence-electron chi connectivity index (χ4n) is 0.970. The second-order valence-corrected chi connectivity index (χ2v) is 4.01. The molecule has 6 nitrogen and oxygen atoms in total. The first-order valence-corrected chi connectivity index (χ1v) is 5.51. The van der Waals surface area contributed by atoms with Gasteiger partial charge in [0.05, 0.1) is 13.7 Å². The minimum absolute atomic E-state index is 0.0440. The second-order valence-electron chi connectivity index (χ2n) is 2.77. The molecular weight excluding hydrogens is 223 g/mol. The van der Waals surface area contributed by atoms with E-state index < -0.39 is 7.82 Å². The minimum Gasteiger partial charge on any atom is -0.504 e. The van der Waals surface area contributed by atoms with E-state index in [1.807, 2.05) is 0 Å². The summed E-state index contributed by atoms with van der Waals surface area (Å²) in [5, 5.41) is 9.24. The van der Waals surface area contributed by atoms with Crippen LogP contribution in [-0.4, -0.2) is 22.0 Å². The fourth-order valence-corrected chi connectivity index (χ4v) is 1.29. The van der Waals surface area contributed by atoms with Gasteiger partial charge >= 0.3 is 7.82 Å². The highest BCUT2D eigenvalue weighted by Gasteiger charge is 2.14. The van der Waals surface area contributed by atoms with Crippen LogP contribution in [0.1, 0.15) is 5.56 Å². The van der Waals surface area contributed by atoms with Crippen LogP contribution in [0.2, 0.25) is 0 Å². The van der Waals surface area contributed by atoms with Crippen LogP contribution in [0.4, 0.5) is 0 Å². The molecule has 0 bridgehead atoms. The zero-order valence-corrected chi connectivity index (χ0v) is 8.85. The Labute approximate surface area is 86.3 Å². The lowest BCUT2D eigenvalue weighted by atomic mass is 10.2. The smallest absolute Gasteiger partial charge is 0.469 e. The molecule has 1 aromatic carbocycles. The van der Waals surface area contributed by atoms with Crippen molar-refractivity contribution in [3.8, 4) is 11.5 Å². The van der Waals surface area contributed by atoms with Crippen LogP contribution in [0, 0.1) is 0 Å². The van der Waals surface area contributed by atoms with Crippen LogP contribution in [0.5, 0.6) is 11.5 Å². The number of hydrogen-bond donors (Lipinski definition) is 3. The van der Waals surface area contributed by atoms with E-state index in [-0.39, 0.29) is 18.1 Å². The van der Waals surface area contributed by atoms with Gasteiger partial charge in [0.15, 0.2) is 11.5 Å². The van der Waals surface area contributed by atoms with E-state index in [0.29, 0.717) is 5.56 Å². The number of rotatable bonds is 4. The van der Waals surface area contributed by atoms with E-state index in [9.17, 15) is 9.67 Å². The third-order valence-corrected chi connectivity index (χ3v) is 2.11. The summed E-state index contributed by atoms with van der Waals surface area (Å²) in [5.74, 6) is 0.180. The Morgan fingerprint density at radius 3 is 2.60 bits per heavy atom. The van der Waals surface area contributed by atoms with Crippen LogP contribution in [0.15, 0.2) is 18.2 Å². The summed E-state index contributed by atoms with van der Waals surface area (Å²) in [6, 6.07) is 4.27. The average molecular weight is 234 g/mol. The van der Waals surface area contributed by atoms with Gasteiger partial charge in [-0.15, -0.1) is 0 Å². The predicted octanol–water partition coefficient (Wildman–Crippen LogP) is 1.01. The molecule has 0 saturated carbocycles. The number of phenolic OH excluding ortho intramolecular Hbond substituents is 1. The quantitative estimate of drug-likeness (QED) is 0.673. The molecule has 0 unspecified atom stereocenters. The molecule has 0 aliphatic rings. The second kappa shape index (κ2) is 4.63. The normalized spacial score (nSPS) is 11.4. The lowest BCUT2D eigenvalue weighted by molar-refractivity contribution is 0.189. The number of benzene rings is 1. The van der Waals surface area contributed by atoms with Gasteiger partial charge in [-0.25, -0.2) is 4.57 Å². The third kappa shape index (κ3) is 3.89. The number of hydrogen-bond acceptors (Lipinski definition) is 4. The molecule has 0 atom stereocenters. The molecule has 1 rings (SSSR count). The lowest BCUT2D eigenvalue weighted by Crippen LogP contribution is -1.92. The molecule has 0 saturated heterocycles. The maximum Gasteiger partial charge on any atom is 0.469 e. The Bertz CT molecular complexity index is 385. The van der Waals surface area contributed by atoms with Gasteiger partial charge in [0.1, 0.15) is 0 Å². The Kier molecular flexibility index (Phi) is 3.71. The van der Waals surface area contributed by atoms with Crippen molar-refractivity contribution in [2.24, 2.45) is 0 Å². The summed E-state index contributed by atoms with van der Waals surface area (Å²) in [7, 11) is -3.09. The van der Waals surface area contributed by atoms with Crippen LogP contribution in [0.3, 0.4) is 0 Å². The highest BCUT2D eigenvalue weighted by atomic mass is 31.2. The van der Waals surface area contributed by atoms with Gasteiger partial charge in [-0.1, -0.05) is 6.07 Å². The van der Waals surface area contributed by atoms with E-state index in [1.54, 1.807) is 0 Å². The molecule has 0 fully saturated rings.